The zero-order valence-corrected chi connectivity index (χ0v) is 14.6. The number of aryl methyl sites for hydroxylation is 1. The molecule has 0 aliphatic carbocycles. The molecular weight excluding hydrogens is 346 g/mol. The largest absolute Gasteiger partial charge is 0.480 e. The predicted molar refractivity (Wildman–Crippen MR) is 95.4 cm³/mol. The minimum Gasteiger partial charge on any atom is -0.480 e. The number of aliphatic carboxylic acids is 1. The number of nitrogens with zero attached hydrogens (tertiary/aromatic N) is 1. The van der Waals surface area contributed by atoms with Crippen LogP contribution in [0.2, 0.25) is 5.02 Å². The van der Waals surface area contributed by atoms with Crippen molar-refractivity contribution in [2.24, 2.45) is 0 Å². The number of hydrogen-bond acceptors (Lipinski definition) is 3. The lowest BCUT2D eigenvalue weighted by atomic mass is 10.1. The second-order valence-corrected chi connectivity index (χ2v) is 7.16. The maximum atomic E-state index is 13.0. The molecule has 3 rings (SSSR count). The number of rotatable bonds is 3. The summed E-state index contributed by atoms with van der Waals surface area (Å²) in [5.74, 6) is -0.960. The predicted octanol–water partition coefficient (Wildman–Crippen LogP) is 3.99. The molecule has 0 radical (unpaired) electrons. The molecule has 1 aliphatic rings. The number of carboxylic acids is 1. The molecule has 2 aromatic rings. The zero-order valence-electron chi connectivity index (χ0n) is 13.0. The summed E-state index contributed by atoms with van der Waals surface area (Å²) in [6.45, 7) is 1.94. The van der Waals surface area contributed by atoms with Crippen LogP contribution in [0.5, 0.6) is 0 Å². The average molecular weight is 362 g/mol. The molecule has 0 unspecified atom stereocenters. The van der Waals surface area contributed by atoms with Crippen LogP contribution in [0.4, 0.5) is 0 Å². The van der Waals surface area contributed by atoms with Crippen LogP contribution >= 0.6 is 23.4 Å². The summed E-state index contributed by atoms with van der Waals surface area (Å²) < 4.78 is 0. The summed E-state index contributed by atoms with van der Waals surface area (Å²) in [5.41, 5.74) is 2.28. The molecule has 1 saturated heterocycles. The van der Waals surface area contributed by atoms with E-state index in [1.165, 1.54) is 16.7 Å². The van der Waals surface area contributed by atoms with Gasteiger partial charge in [0.2, 0.25) is 0 Å². The van der Waals surface area contributed by atoms with Crippen LogP contribution in [-0.4, -0.2) is 33.7 Å². The van der Waals surface area contributed by atoms with Crippen LogP contribution in [0, 0.1) is 6.92 Å². The normalized spacial score (nSPS) is 20.2. The van der Waals surface area contributed by atoms with Gasteiger partial charge in [0.15, 0.2) is 0 Å². The van der Waals surface area contributed by atoms with Crippen molar-refractivity contribution in [2.45, 2.75) is 18.3 Å². The van der Waals surface area contributed by atoms with Gasteiger partial charge in [-0.05, 0) is 25.1 Å². The molecule has 0 saturated carbocycles. The van der Waals surface area contributed by atoms with Gasteiger partial charge in [-0.15, -0.1) is 11.8 Å². The maximum Gasteiger partial charge on any atom is 0.327 e. The van der Waals surface area contributed by atoms with Crippen molar-refractivity contribution in [3.8, 4) is 0 Å². The number of thioether (sulfide) groups is 1. The number of hydrogen-bond donors (Lipinski definition) is 1. The van der Waals surface area contributed by atoms with Crippen LogP contribution in [0.25, 0.3) is 0 Å². The molecule has 0 aromatic heterocycles. The Hall–Kier alpha value is -1.98. The fourth-order valence-corrected chi connectivity index (χ4v) is 4.46. The van der Waals surface area contributed by atoms with Crippen LogP contribution in [0.15, 0.2) is 48.5 Å². The van der Waals surface area contributed by atoms with Crippen molar-refractivity contribution in [1.82, 2.24) is 4.90 Å². The van der Waals surface area contributed by atoms with Crippen LogP contribution in [0.3, 0.4) is 0 Å². The minimum atomic E-state index is -1.00. The van der Waals surface area contributed by atoms with Crippen LogP contribution in [0.1, 0.15) is 26.9 Å². The highest BCUT2D eigenvalue weighted by atomic mass is 35.5. The first-order chi connectivity index (χ1) is 11.5. The van der Waals surface area contributed by atoms with Crippen molar-refractivity contribution in [1.29, 1.82) is 0 Å². The molecule has 1 amide bonds. The highest BCUT2D eigenvalue weighted by Crippen LogP contribution is 2.44. The minimum absolute atomic E-state index is 0.294. The molecule has 6 heteroatoms. The molecule has 4 nitrogen and oxygen atoms in total. The van der Waals surface area contributed by atoms with Crippen LogP contribution in [-0.2, 0) is 4.79 Å². The monoisotopic (exact) mass is 361 g/mol. The lowest BCUT2D eigenvalue weighted by molar-refractivity contribution is -0.141. The Balaban J connectivity index is 2.01. The Labute approximate surface area is 149 Å². The van der Waals surface area contributed by atoms with Gasteiger partial charge in [0, 0.05) is 21.9 Å². The van der Waals surface area contributed by atoms with E-state index in [1.807, 2.05) is 37.3 Å². The van der Waals surface area contributed by atoms with Crippen LogP contribution < -0.4 is 0 Å². The lowest BCUT2D eigenvalue weighted by Crippen LogP contribution is -2.43. The second kappa shape index (κ2) is 6.87. The third-order valence-corrected chi connectivity index (χ3v) is 5.64. The van der Waals surface area contributed by atoms with E-state index in [4.69, 9.17) is 11.6 Å². The molecule has 1 heterocycles. The fourth-order valence-electron chi connectivity index (χ4n) is 2.70. The summed E-state index contributed by atoms with van der Waals surface area (Å²) in [6, 6.07) is 13.5. The van der Waals surface area contributed by atoms with Gasteiger partial charge in [0.05, 0.1) is 0 Å². The van der Waals surface area contributed by atoms with Gasteiger partial charge in [-0.25, -0.2) is 4.79 Å². The van der Waals surface area contributed by atoms with Crippen molar-refractivity contribution >= 4 is 35.2 Å². The Kier molecular flexibility index (Phi) is 4.83. The Morgan fingerprint density at radius 2 is 1.83 bits per heavy atom. The Morgan fingerprint density at radius 3 is 2.46 bits per heavy atom. The zero-order chi connectivity index (χ0) is 17.3. The smallest absolute Gasteiger partial charge is 0.327 e. The Morgan fingerprint density at radius 1 is 1.17 bits per heavy atom. The quantitative estimate of drug-likeness (QED) is 0.898. The van der Waals surface area contributed by atoms with Gasteiger partial charge in [-0.1, -0.05) is 47.5 Å². The van der Waals surface area contributed by atoms with Crippen molar-refractivity contribution in [2.75, 3.05) is 5.75 Å². The van der Waals surface area contributed by atoms with E-state index in [2.05, 4.69) is 0 Å². The molecule has 1 N–H and O–H groups in total. The summed E-state index contributed by atoms with van der Waals surface area (Å²) in [6.07, 6.45) is 0. The molecule has 2 atom stereocenters. The highest BCUT2D eigenvalue weighted by Gasteiger charge is 2.43. The van der Waals surface area contributed by atoms with E-state index >= 15 is 0 Å². The first-order valence-corrected chi connectivity index (χ1v) is 8.90. The van der Waals surface area contributed by atoms with E-state index in [1.54, 1.807) is 18.2 Å². The van der Waals surface area contributed by atoms with E-state index in [0.717, 1.165) is 11.1 Å². The van der Waals surface area contributed by atoms with Crippen molar-refractivity contribution < 1.29 is 14.7 Å². The van der Waals surface area contributed by atoms with E-state index < -0.39 is 17.4 Å². The molecule has 1 aliphatic heterocycles. The van der Waals surface area contributed by atoms with Gasteiger partial charge in [0.1, 0.15) is 11.4 Å². The molecule has 0 spiro atoms. The number of benzene rings is 2. The summed E-state index contributed by atoms with van der Waals surface area (Å²) >= 11 is 7.69. The van der Waals surface area contributed by atoms with Crippen molar-refractivity contribution in [3.63, 3.8) is 0 Å². The lowest BCUT2D eigenvalue weighted by Gasteiger charge is -2.28. The maximum absolute atomic E-state index is 13.0. The number of carbonyl (C=O) groups is 2. The fraction of sp³-hybridized carbons (Fsp3) is 0.222. The molecule has 2 aromatic carbocycles. The molecule has 24 heavy (non-hydrogen) atoms. The topological polar surface area (TPSA) is 57.6 Å². The third-order valence-electron chi connectivity index (χ3n) is 3.99. The second-order valence-electron chi connectivity index (χ2n) is 5.64. The number of carboxylic acid groups (broad SMARTS) is 1. The molecule has 0 bridgehead atoms. The molecule has 1 fully saturated rings. The summed E-state index contributed by atoms with van der Waals surface area (Å²) in [4.78, 5) is 26.0. The first-order valence-electron chi connectivity index (χ1n) is 7.47. The van der Waals surface area contributed by atoms with Gasteiger partial charge < -0.3 is 10.0 Å². The average Bonchev–Trinajstić information content (AvgIpc) is 3.00. The molecular formula is C18H16ClNO3S. The molecule has 124 valence electrons. The van der Waals surface area contributed by atoms with Gasteiger partial charge in [0.25, 0.3) is 5.91 Å². The van der Waals surface area contributed by atoms with E-state index in [9.17, 15) is 14.7 Å². The van der Waals surface area contributed by atoms with Gasteiger partial charge in [-0.2, -0.15) is 0 Å². The number of amides is 1. The van der Waals surface area contributed by atoms with Gasteiger partial charge in [-0.3, -0.25) is 4.79 Å². The summed E-state index contributed by atoms with van der Waals surface area (Å²) in [7, 11) is 0. The highest BCUT2D eigenvalue weighted by molar-refractivity contribution is 7.99. The van der Waals surface area contributed by atoms with Gasteiger partial charge >= 0.3 is 5.97 Å². The Bertz CT molecular complexity index is 778. The standard InChI is InChI=1S/C18H16ClNO3S/c1-11-6-8-12(9-7-11)16(21)20-15(18(22)23)10-24-17(20)13-4-2-3-5-14(13)19/h2-9,15,17H,10H2,1H3,(H,22,23)/t15-,17+/m1/s1. The summed E-state index contributed by atoms with van der Waals surface area (Å²) in [5, 5.41) is 9.64. The number of carbonyl (C=O) groups excluding carboxylic acids is 1. The number of halogens is 1. The van der Waals surface area contributed by atoms with Crippen molar-refractivity contribution in [3.05, 3.63) is 70.2 Å². The SMILES string of the molecule is Cc1ccc(C(=O)N2[C@@H](C(=O)O)CS[C@H]2c2ccccc2Cl)cc1. The van der Waals surface area contributed by atoms with E-state index in [-0.39, 0.29) is 5.91 Å². The third kappa shape index (κ3) is 3.14. The van der Waals surface area contributed by atoms with E-state index in [0.29, 0.717) is 16.3 Å². The first kappa shape index (κ1) is 16.9.